The predicted octanol–water partition coefficient (Wildman–Crippen LogP) is 2.73. The van der Waals surface area contributed by atoms with E-state index in [4.69, 9.17) is 4.74 Å². The van der Waals surface area contributed by atoms with E-state index >= 15 is 0 Å². The predicted molar refractivity (Wildman–Crippen MR) is 100 cm³/mol. The lowest BCUT2D eigenvalue weighted by Gasteiger charge is -2.30. The van der Waals surface area contributed by atoms with Gasteiger partial charge in [0, 0.05) is 18.3 Å². The zero-order chi connectivity index (χ0) is 19.3. The summed E-state index contributed by atoms with van der Waals surface area (Å²) in [4.78, 5) is 37.6. The van der Waals surface area contributed by atoms with Crippen molar-refractivity contribution in [1.29, 1.82) is 0 Å². The third-order valence-corrected chi connectivity index (χ3v) is 5.38. The van der Waals surface area contributed by atoms with E-state index < -0.39 is 5.91 Å². The molecule has 26 heavy (non-hydrogen) atoms. The maximum atomic E-state index is 12.8. The number of carbonyl (C=O) groups is 2. The van der Waals surface area contributed by atoms with Crippen LogP contribution in [0, 0.1) is 19.8 Å². The number of pyridine rings is 1. The number of nitrogens with zero attached hydrogens (tertiary/aromatic N) is 1. The molecule has 0 bridgehead atoms. The molecule has 144 valence electrons. The van der Waals surface area contributed by atoms with Gasteiger partial charge in [0.15, 0.2) is 0 Å². The average Bonchev–Trinajstić information content (AvgIpc) is 2.64. The lowest BCUT2D eigenvalue weighted by atomic mass is 9.84. The van der Waals surface area contributed by atoms with Crippen LogP contribution in [0.1, 0.15) is 67.1 Å². The maximum absolute atomic E-state index is 12.8. The molecule has 1 N–H and O–H groups in total. The molecule has 1 aliphatic carbocycles. The van der Waals surface area contributed by atoms with Gasteiger partial charge in [0.05, 0.1) is 13.0 Å². The number of aryl methyl sites for hydroxylation is 1. The molecule has 0 saturated heterocycles. The molecule has 0 radical (unpaired) electrons. The van der Waals surface area contributed by atoms with Gasteiger partial charge in [0.1, 0.15) is 5.56 Å². The van der Waals surface area contributed by atoms with Crippen molar-refractivity contribution < 1.29 is 14.3 Å². The summed E-state index contributed by atoms with van der Waals surface area (Å²) in [6.07, 6.45) is 5.18. The molecule has 1 aromatic rings. The van der Waals surface area contributed by atoms with Crippen molar-refractivity contribution in [3.63, 3.8) is 0 Å². The lowest BCUT2D eigenvalue weighted by molar-refractivity contribution is -0.147. The number of aromatic nitrogens is 1. The van der Waals surface area contributed by atoms with Crippen LogP contribution in [0.4, 0.5) is 0 Å². The number of carbonyl (C=O) groups excluding carboxylic acids is 2. The first-order chi connectivity index (χ1) is 12.4. The van der Waals surface area contributed by atoms with Crippen LogP contribution >= 0.6 is 0 Å². The number of amides is 1. The summed E-state index contributed by atoms with van der Waals surface area (Å²) in [6.45, 7) is 6.49. The van der Waals surface area contributed by atoms with Gasteiger partial charge >= 0.3 is 5.97 Å². The highest BCUT2D eigenvalue weighted by atomic mass is 16.5. The van der Waals surface area contributed by atoms with Gasteiger partial charge in [-0.25, -0.2) is 0 Å². The Bertz CT molecular complexity index is 723. The summed E-state index contributed by atoms with van der Waals surface area (Å²) in [5.74, 6) is -1.04. The van der Waals surface area contributed by atoms with Crippen LogP contribution in [0.25, 0.3) is 0 Å². The smallest absolute Gasteiger partial charge is 0.310 e. The fourth-order valence-corrected chi connectivity index (χ4v) is 3.62. The van der Waals surface area contributed by atoms with E-state index in [0.717, 1.165) is 43.4 Å². The molecule has 1 fully saturated rings. The molecule has 2 atom stereocenters. The molecule has 2 unspecified atom stereocenters. The van der Waals surface area contributed by atoms with Gasteiger partial charge in [-0.2, -0.15) is 0 Å². The minimum atomic E-state index is -0.399. The Labute approximate surface area is 154 Å². The van der Waals surface area contributed by atoms with Crippen LogP contribution in [0.15, 0.2) is 10.9 Å². The third-order valence-electron chi connectivity index (χ3n) is 5.38. The summed E-state index contributed by atoms with van der Waals surface area (Å²) < 4.78 is 6.56. The Balaban J connectivity index is 2.27. The van der Waals surface area contributed by atoms with Crippen molar-refractivity contribution >= 4 is 11.9 Å². The first kappa shape index (κ1) is 20.2. The molecule has 6 nitrogen and oxygen atoms in total. The van der Waals surface area contributed by atoms with Crippen molar-refractivity contribution in [3.8, 4) is 0 Å². The number of hydrogen-bond acceptors (Lipinski definition) is 4. The van der Waals surface area contributed by atoms with Crippen molar-refractivity contribution in [3.05, 3.63) is 33.2 Å². The molecule has 2 rings (SSSR count). The van der Waals surface area contributed by atoms with Crippen LogP contribution in [-0.4, -0.2) is 29.6 Å². The third kappa shape index (κ3) is 4.34. The van der Waals surface area contributed by atoms with Crippen LogP contribution < -0.4 is 10.9 Å². The summed E-state index contributed by atoms with van der Waals surface area (Å²) in [5.41, 5.74) is 1.70. The van der Waals surface area contributed by atoms with Gasteiger partial charge in [-0.15, -0.1) is 0 Å². The second-order valence-electron chi connectivity index (χ2n) is 7.13. The molecule has 1 aliphatic rings. The fraction of sp³-hybridized carbons (Fsp3) is 0.650. The summed E-state index contributed by atoms with van der Waals surface area (Å²) >= 11 is 0. The SMILES string of the molecule is CCCCn1c(C)c(C)cc(C(=O)NC2CCCCC2C(=O)OC)c1=O. The Morgan fingerprint density at radius 2 is 1.96 bits per heavy atom. The van der Waals surface area contributed by atoms with E-state index in [9.17, 15) is 14.4 Å². The highest BCUT2D eigenvalue weighted by molar-refractivity contribution is 5.94. The lowest BCUT2D eigenvalue weighted by Crippen LogP contribution is -2.47. The van der Waals surface area contributed by atoms with E-state index in [1.54, 1.807) is 10.6 Å². The number of esters is 1. The molecular weight excluding hydrogens is 332 g/mol. The van der Waals surface area contributed by atoms with Gasteiger partial charge in [-0.3, -0.25) is 14.4 Å². The largest absolute Gasteiger partial charge is 0.469 e. The Morgan fingerprint density at radius 1 is 1.27 bits per heavy atom. The summed E-state index contributed by atoms with van der Waals surface area (Å²) in [5, 5.41) is 2.92. The average molecular weight is 362 g/mol. The van der Waals surface area contributed by atoms with Gasteiger partial charge < -0.3 is 14.6 Å². The van der Waals surface area contributed by atoms with Gasteiger partial charge in [-0.1, -0.05) is 26.2 Å². The molecule has 1 amide bonds. The molecule has 6 heteroatoms. The van der Waals surface area contributed by atoms with Crippen LogP contribution in [-0.2, 0) is 16.1 Å². The number of methoxy groups -OCH3 is 1. The molecule has 0 spiro atoms. The number of nitrogens with one attached hydrogen (secondary N) is 1. The summed E-state index contributed by atoms with van der Waals surface area (Å²) in [7, 11) is 1.37. The van der Waals surface area contributed by atoms with Crippen LogP contribution in [0.5, 0.6) is 0 Å². The van der Waals surface area contributed by atoms with Crippen LogP contribution in [0.2, 0.25) is 0 Å². The molecule has 0 aliphatic heterocycles. The van der Waals surface area contributed by atoms with Crippen molar-refractivity contribution in [1.82, 2.24) is 9.88 Å². The number of hydrogen-bond donors (Lipinski definition) is 1. The zero-order valence-corrected chi connectivity index (χ0v) is 16.3. The maximum Gasteiger partial charge on any atom is 0.310 e. The van der Waals surface area contributed by atoms with Crippen LogP contribution in [0.3, 0.4) is 0 Å². The molecule has 1 heterocycles. The van der Waals surface area contributed by atoms with Crippen molar-refractivity contribution in [2.75, 3.05) is 7.11 Å². The van der Waals surface area contributed by atoms with E-state index in [0.29, 0.717) is 13.0 Å². The monoisotopic (exact) mass is 362 g/mol. The minimum absolute atomic E-state index is 0.151. The van der Waals surface area contributed by atoms with Gasteiger partial charge in [0.2, 0.25) is 0 Å². The number of ether oxygens (including phenoxy) is 1. The topological polar surface area (TPSA) is 77.4 Å². The van der Waals surface area contributed by atoms with E-state index in [2.05, 4.69) is 12.2 Å². The molecule has 0 aromatic carbocycles. The first-order valence-electron chi connectivity index (χ1n) is 9.50. The Kier molecular flexibility index (Phi) is 7.00. The van der Waals surface area contributed by atoms with Gasteiger partial charge in [-0.05, 0) is 44.7 Å². The Morgan fingerprint density at radius 3 is 2.62 bits per heavy atom. The molecule has 1 saturated carbocycles. The number of unbranched alkanes of at least 4 members (excludes halogenated alkanes) is 1. The van der Waals surface area contributed by atoms with Crippen molar-refractivity contribution in [2.24, 2.45) is 5.92 Å². The summed E-state index contributed by atoms with van der Waals surface area (Å²) in [6, 6.07) is 1.37. The first-order valence-corrected chi connectivity index (χ1v) is 9.50. The number of rotatable bonds is 6. The highest BCUT2D eigenvalue weighted by Gasteiger charge is 2.33. The van der Waals surface area contributed by atoms with E-state index in [1.165, 1.54) is 7.11 Å². The standard InChI is InChI=1S/C20H30N2O4/c1-5-6-11-22-14(3)13(2)12-16(19(22)24)18(23)21-17-10-8-7-9-15(17)20(25)26-4/h12,15,17H,5-11H2,1-4H3,(H,21,23). The second kappa shape index (κ2) is 9.01. The highest BCUT2D eigenvalue weighted by Crippen LogP contribution is 2.25. The fourth-order valence-electron chi connectivity index (χ4n) is 3.62. The van der Waals surface area contributed by atoms with Crippen molar-refractivity contribution in [2.45, 2.75) is 71.9 Å². The second-order valence-corrected chi connectivity index (χ2v) is 7.13. The quantitative estimate of drug-likeness (QED) is 0.790. The minimum Gasteiger partial charge on any atom is -0.469 e. The van der Waals surface area contributed by atoms with Gasteiger partial charge in [0.25, 0.3) is 11.5 Å². The normalized spacial score (nSPS) is 19.8. The van der Waals surface area contributed by atoms with E-state index in [-0.39, 0.29) is 29.1 Å². The molecule has 1 aromatic heterocycles. The molecular formula is C20H30N2O4. The Hall–Kier alpha value is -2.11. The zero-order valence-electron chi connectivity index (χ0n) is 16.3. The van der Waals surface area contributed by atoms with E-state index in [1.807, 2.05) is 13.8 Å².